The number of aromatic nitrogens is 4. The molecule has 4 aromatic rings. The molecule has 4 rings (SSSR count). The Morgan fingerprint density at radius 1 is 1.24 bits per heavy atom. The molecule has 0 unspecified atom stereocenters. The van der Waals surface area contributed by atoms with Gasteiger partial charge >= 0.3 is 0 Å². The normalized spacial score (nSPS) is 11.1. The summed E-state index contributed by atoms with van der Waals surface area (Å²) in [5.41, 5.74) is 3.48. The van der Waals surface area contributed by atoms with Gasteiger partial charge in [-0.1, -0.05) is 11.6 Å². The molecule has 0 aliphatic heterocycles. The summed E-state index contributed by atoms with van der Waals surface area (Å²) in [6.45, 7) is 1.67. The number of nitrogens with zero attached hydrogens (tertiary/aromatic N) is 5. The highest BCUT2D eigenvalue weighted by Crippen LogP contribution is 2.31. The van der Waals surface area contributed by atoms with Crippen molar-refractivity contribution in [3.8, 4) is 16.9 Å². The van der Waals surface area contributed by atoms with Gasteiger partial charge in [-0.3, -0.25) is 19.7 Å². The quantitative estimate of drug-likeness (QED) is 0.411. The number of pyridine rings is 1. The van der Waals surface area contributed by atoms with Gasteiger partial charge in [0.05, 0.1) is 21.3 Å². The van der Waals surface area contributed by atoms with E-state index in [0.29, 0.717) is 16.3 Å². The summed E-state index contributed by atoms with van der Waals surface area (Å²) in [5, 5.41) is 16.2. The van der Waals surface area contributed by atoms with Gasteiger partial charge in [-0.05, 0) is 25.1 Å². The molecular weight excluding hydrogens is 342 g/mol. The predicted octanol–water partition coefficient (Wildman–Crippen LogP) is 4.06. The van der Waals surface area contributed by atoms with Crippen LogP contribution in [0.1, 0.15) is 5.56 Å². The number of fused-ring (bicyclic) bond motifs is 1. The van der Waals surface area contributed by atoms with Crippen LogP contribution in [0.15, 0.2) is 55.1 Å². The highest BCUT2D eigenvalue weighted by atomic mass is 35.5. The average molecular weight is 354 g/mol. The zero-order chi connectivity index (χ0) is 17.6. The molecule has 0 aliphatic rings. The fraction of sp³-hybridized carbons (Fsp3) is 0.0588. The first-order valence-corrected chi connectivity index (χ1v) is 7.84. The predicted molar refractivity (Wildman–Crippen MR) is 94.2 cm³/mol. The van der Waals surface area contributed by atoms with E-state index >= 15 is 0 Å². The van der Waals surface area contributed by atoms with Crippen molar-refractivity contribution in [3.05, 3.63) is 75.8 Å². The van der Waals surface area contributed by atoms with Crippen LogP contribution < -0.4 is 0 Å². The molecule has 25 heavy (non-hydrogen) atoms. The standard InChI is InChI=1S/C17H12ClN5O2/c1-11-7-13(18)16(9-15(11)23(24)25)21-5-6-22-17(21)8-14(20-22)12-3-2-4-19-10-12/h2-10H,1H3. The van der Waals surface area contributed by atoms with E-state index in [2.05, 4.69) is 10.1 Å². The molecule has 0 N–H and O–H groups in total. The fourth-order valence-corrected chi connectivity index (χ4v) is 3.08. The molecule has 0 spiro atoms. The summed E-state index contributed by atoms with van der Waals surface area (Å²) in [4.78, 5) is 14.9. The molecule has 3 heterocycles. The van der Waals surface area contributed by atoms with E-state index in [-0.39, 0.29) is 5.69 Å². The lowest BCUT2D eigenvalue weighted by Crippen LogP contribution is -1.98. The topological polar surface area (TPSA) is 78.3 Å². The third-order valence-corrected chi connectivity index (χ3v) is 4.30. The van der Waals surface area contributed by atoms with Crippen LogP contribution in [-0.2, 0) is 0 Å². The fourth-order valence-electron chi connectivity index (χ4n) is 2.77. The van der Waals surface area contributed by atoms with Crippen molar-refractivity contribution in [2.75, 3.05) is 0 Å². The monoisotopic (exact) mass is 353 g/mol. The third-order valence-electron chi connectivity index (χ3n) is 4.00. The van der Waals surface area contributed by atoms with Gasteiger partial charge in [0.1, 0.15) is 5.65 Å². The Hall–Kier alpha value is -3.19. The van der Waals surface area contributed by atoms with E-state index in [9.17, 15) is 10.1 Å². The zero-order valence-electron chi connectivity index (χ0n) is 13.1. The molecule has 0 atom stereocenters. The lowest BCUT2D eigenvalue weighted by atomic mass is 10.2. The lowest BCUT2D eigenvalue weighted by Gasteiger charge is -2.08. The number of halogens is 1. The molecule has 0 saturated carbocycles. The van der Waals surface area contributed by atoms with Crippen LogP contribution in [-0.4, -0.2) is 24.1 Å². The maximum absolute atomic E-state index is 11.2. The minimum absolute atomic E-state index is 0.0262. The first-order valence-electron chi connectivity index (χ1n) is 7.46. The Morgan fingerprint density at radius 3 is 2.80 bits per heavy atom. The van der Waals surface area contributed by atoms with Crippen molar-refractivity contribution in [1.82, 2.24) is 19.2 Å². The van der Waals surface area contributed by atoms with Crippen LogP contribution in [0.4, 0.5) is 5.69 Å². The highest BCUT2D eigenvalue weighted by Gasteiger charge is 2.18. The molecule has 1 aromatic carbocycles. The molecule has 0 radical (unpaired) electrons. The van der Waals surface area contributed by atoms with E-state index in [1.165, 1.54) is 6.07 Å². The molecular formula is C17H12ClN5O2. The molecule has 0 fully saturated rings. The van der Waals surface area contributed by atoms with Gasteiger partial charge in [-0.15, -0.1) is 0 Å². The minimum atomic E-state index is -0.409. The molecule has 0 aliphatic carbocycles. The van der Waals surface area contributed by atoms with Crippen LogP contribution >= 0.6 is 11.6 Å². The van der Waals surface area contributed by atoms with Gasteiger partial charge in [0, 0.05) is 48.0 Å². The molecule has 0 amide bonds. The Kier molecular flexibility index (Phi) is 3.51. The molecule has 124 valence electrons. The minimum Gasteiger partial charge on any atom is -0.298 e. The first kappa shape index (κ1) is 15.3. The number of hydrogen-bond donors (Lipinski definition) is 0. The molecule has 0 saturated heterocycles. The summed E-state index contributed by atoms with van der Waals surface area (Å²) in [5.74, 6) is 0. The second kappa shape index (κ2) is 5.71. The van der Waals surface area contributed by atoms with Crippen LogP contribution in [0.5, 0.6) is 0 Å². The molecule has 8 heteroatoms. The van der Waals surface area contributed by atoms with E-state index in [0.717, 1.165) is 16.9 Å². The number of aryl methyl sites for hydroxylation is 1. The Morgan fingerprint density at radius 2 is 2.08 bits per heavy atom. The summed E-state index contributed by atoms with van der Waals surface area (Å²) < 4.78 is 3.48. The summed E-state index contributed by atoms with van der Waals surface area (Å²) in [6, 6.07) is 8.73. The van der Waals surface area contributed by atoms with Crippen LogP contribution in [0.25, 0.3) is 22.6 Å². The Labute approximate surface area is 147 Å². The number of hydrogen-bond acceptors (Lipinski definition) is 4. The Balaban J connectivity index is 1.89. The van der Waals surface area contributed by atoms with Crippen molar-refractivity contribution in [3.63, 3.8) is 0 Å². The summed E-state index contributed by atoms with van der Waals surface area (Å²) in [7, 11) is 0. The summed E-state index contributed by atoms with van der Waals surface area (Å²) >= 11 is 6.34. The van der Waals surface area contributed by atoms with Crippen molar-refractivity contribution in [1.29, 1.82) is 0 Å². The van der Waals surface area contributed by atoms with Crippen molar-refractivity contribution >= 4 is 22.9 Å². The van der Waals surface area contributed by atoms with Crippen molar-refractivity contribution in [2.24, 2.45) is 0 Å². The van der Waals surface area contributed by atoms with E-state index in [1.54, 1.807) is 46.9 Å². The van der Waals surface area contributed by atoms with Gasteiger partial charge in [-0.2, -0.15) is 5.10 Å². The van der Waals surface area contributed by atoms with Crippen LogP contribution in [0.2, 0.25) is 5.02 Å². The maximum Gasteiger partial charge on any atom is 0.274 e. The number of nitro benzene ring substituents is 1. The van der Waals surface area contributed by atoms with E-state index < -0.39 is 4.92 Å². The second-order valence-electron chi connectivity index (χ2n) is 5.59. The molecule has 7 nitrogen and oxygen atoms in total. The van der Waals surface area contributed by atoms with Gasteiger partial charge in [0.2, 0.25) is 0 Å². The second-order valence-corrected chi connectivity index (χ2v) is 6.00. The lowest BCUT2D eigenvalue weighted by molar-refractivity contribution is -0.385. The SMILES string of the molecule is Cc1cc(Cl)c(-n2ccn3nc(-c4cccnc4)cc23)cc1[N+](=O)[O-]. The molecule has 0 bridgehead atoms. The van der Waals surface area contributed by atoms with E-state index in [4.69, 9.17) is 11.6 Å². The van der Waals surface area contributed by atoms with Gasteiger partial charge in [0.15, 0.2) is 0 Å². The maximum atomic E-state index is 11.2. The number of nitro groups is 1. The van der Waals surface area contributed by atoms with Crippen LogP contribution in [0.3, 0.4) is 0 Å². The largest absolute Gasteiger partial charge is 0.298 e. The smallest absolute Gasteiger partial charge is 0.274 e. The van der Waals surface area contributed by atoms with Crippen molar-refractivity contribution in [2.45, 2.75) is 6.92 Å². The highest BCUT2D eigenvalue weighted by molar-refractivity contribution is 6.32. The third kappa shape index (κ3) is 2.54. The molecule has 3 aromatic heterocycles. The van der Waals surface area contributed by atoms with Gasteiger partial charge < -0.3 is 0 Å². The number of rotatable bonds is 3. The Bertz CT molecular complexity index is 1100. The summed E-state index contributed by atoms with van der Waals surface area (Å²) in [6.07, 6.45) is 6.98. The number of benzene rings is 1. The average Bonchev–Trinajstić information content (AvgIpc) is 3.16. The van der Waals surface area contributed by atoms with Gasteiger partial charge in [0.25, 0.3) is 5.69 Å². The number of imidazole rings is 1. The zero-order valence-corrected chi connectivity index (χ0v) is 13.9. The first-order chi connectivity index (χ1) is 12.0. The van der Waals surface area contributed by atoms with Gasteiger partial charge in [-0.25, -0.2) is 4.52 Å². The van der Waals surface area contributed by atoms with E-state index in [1.807, 2.05) is 18.2 Å². The van der Waals surface area contributed by atoms with Crippen molar-refractivity contribution < 1.29 is 4.92 Å². The van der Waals surface area contributed by atoms with Crippen LogP contribution in [0, 0.1) is 17.0 Å².